The summed E-state index contributed by atoms with van der Waals surface area (Å²) in [5, 5.41) is 0. The molecule has 9 heteroatoms. The molecule has 144 valence electrons. The van der Waals surface area contributed by atoms with E-state index in [-0.39, 0.29) is 11.4 Å². The number of ether oxygens (including phenoxy) is 1. The molecule has 2 aromatic heterocycles. The lowest BCUT2D eigenvalue weighted by Gasteiger charge is -2.28. The second-order valence-corrected chi connectivity index (χ2v) is 6.98. The van der Waals surface area contributed by atoms with Gasteiger partial charge in [-0.1, -0.05) is 6.07 Å². The molecule has 1 saturated carbocycles. The number of pyridine rings is 1. The van der Waals surface area contributed by atoms with Crippen LogP contribution in [0.5, 0.6) is 5.88 Å². The van der Waals surface area contributed by atoms with Gasteiger partial charge in [0.15, 0.2) is 6.61 Å². The summed E-state index contributed by atoms with van der Waals surface area (Å²) in [5.41, 5.74) is 1.90. The van der Waals surface area contributed by atoms with Crippen LogP contribution in [0.3, 0.4) is 0 Å². The third-order valence-corrected chi connectivity index (χ3v) is 4.75. The van der Waals surface area contributed by atoms with Gasteiger partial charge >= 0.3 is 6.18 Å². The molecule has 0 spiro atoms. The molecule has 4 rings (SSSR count). The molecule has 27 heavy (non-hydrogen) atoms. The number of aromatic nitrogens is 3. The Hall–Kier alpha value is -2.42. The molecule has 2 aromatic rings. The standard InChI is InChI=1S/C18H19F3N4O2/c19-18(20,21)10-27-17-12(2-1-6-22-17)8-25-7-5-14-13(9-25)16(26)24-15(23-14)11-3-4-11/h1-2,6,11H,3-5,7-10H2,(H,23,24,26). The van der Waals surface area contributed by atoms with Crippen LogP contribution in [0.25, 0.3) is 0 Å². The molecule has 0 saturated heterocycles. The Labute approximate surface area is 153 Å². The quantitative estimate of drug-likeness (QED) is 0.863. The minimum absolute atomic E-state index is 0.0308. The third-order valence-electron chi connectivity index (χ3n) is 4.75. The van der Waals surface area contributed by atoms with Crippen LogP contribution >= 0.6 is 0 Å². The molecule has 0 aromatic carbocycles. The monoisotopic (exact) mass is 380 g/mol. The predicted molar refractivity (Wildman–Crippen MR) is 90.4 cm³/mol. The number of hydrogen-bond donors (Lipinski definition) is 1. The lowest BCUT2D eigenvalue weighted by atomic mass is 10.1. The van der Waals surface area contributed by atoms with Crippen molar-refractivity contribution in [2.45, 2.75) is 44.4 Å². The van der Waals surface area contributed by atoms with Crippen LogP contribution in [0.15, 0.2) is 23.1 Å². The van der Waals surface area contributed by atoms with Crippen molar-refractivity contribution in [1.29, 1.82) is 0 Å². The molecular weight excluding hydrogens is 361 g/mol. The largest absolute Gasteiger partial charge is 0.468 e. The maximum Gasteiger partial charge on any atom is 0.422 e. The van der Waals surface area contributed by atoms with Crippen molar-refractivity contribution in [3.05, 3.63) is 51.3 Å². The Kier molecular flexibility index (Phi) is 4.63. The first-order valence-corrected chi connectivity index (χ1v) is 8.87. The molecule has 1 aliphatic heterocycles. The molecule has 6 nitrogen and oxygen atoms in total. The second kappa shape index (κ2) is 6.95. The first-order valence-electron chi connectivity index (χ1n) is 8.87. The highest BCUT2D eigenvalue weighted by Crippen LogP contribution is 2.37. The van der Waals surface area contributed by atoms with E-state index in [1.807, 2.05) is 4.90 Å². The molecule has 0 bridgehead atoms. The normalized spacial score (nSPS) is 17.6. The second-order valence-electron chi connectivity index (χ2n) is 6.98. The smallest absolute Gasteiger partial charge is 0.422 e. The molecule has 1 N–H and O–H groups in total. The van der Waals surface area contributed by atoms with Crippen LogP contribution in [0.2, 0.25) is 0 Å². The summed E-state index contributed by atoms with van der Waals surface area (Å²) in [6.45, 7) is 0.0368. The van der Waals surface area contributed by atoms with E-state index in [9.17, 15) is 18.0 Å². The van der Waals surface area contributed by atoms with Gasteiger partial charge in [-0.3, -0.25) is 9.69 Å². The summed E-state index contributed by atoms with van der Waals surface area (Å²) in [6.07, 6.45) is -0.255. The number of nitrogens with one attached hydrogen (secondary N) is 1. The molecular formula is C18H19F3N4O2. The Morgan fingerprint density at radius 3 is 2.89 bits per heavy atom. The lowest BCUT2D eigenvalue weighted by molar-refractivity contribution is -0.154. The van der Waals surface area contributed by atoms with Crippen molar-refractivity contribution in [3.8, 4) is 5.88 Å². The first kappa shape index (κ1) is 18.0. The van der Waals surface area contributed by atoms with Crippen molar-refractivity contribution in [1.82, 2.24) is 19.9 Å². The van der Waals surface area contributed by atoms with Crippen LogP contribution in [0, 0.1) is 0 Å². The fraction of sp³-hybridized carbons (Fsp3) is 0.500. The van der Waals surface area contributed by atoms with Gasteiger partial charge in [-0.25, -0.2) is 9.97 Å². The Bertz CT molecular complexity index is 893. The number of halogens is 3. The van der Waals surface area contributed by atoms with Crippen molar-refractivity contribution in [2.75, 3.05) is 13.2 Å². The summed E-state index contributed by atoms with van der Waals surface area (Å²) in [7, 11) is 0. The number of aromatic amines is 1. The number of fused-ring (bicyclic) bond motifs is 1. The topological polar surface area (TPSA) is 71.1 Å². The number of H-pyrrole nitrogens is 1. The van der Waals surface area contributed by atoms with E-state index in [1.54, 1.807) is 12.1 Å². The van der Waals surface area contributed by atoms with Gasteiger partial charge in [-0.15, -0.1) is 0 Å². The van der Waals surface area contributed by atoms with E-state index < -0.39 is 12.8 Å². The van der Waals surface area contributed by atoms with Crippen LogP contribution in [0.4, 0.5) is 13.2 Å². The average Bonchev–Trinajstić information content (AvgIpc) is 3.46. The minimum atomic E-state index is -4.42. The van der Waals surface area contributed by atoms with Crippen molar-refractivity contribution >= 4 is 0 Å². The molecule has 1 aliphatic carbocycles. The van der Waals surface area contributed by atoms with Gasteiger partial charge in [-0.05, 0) is 18.9 Å². The van der Waals surface area contributed by atoms with Gasteiger partial charge < -0.3 is 9.72 Å². The number of hydrogen-bond acceptors (Lipinski definition) is 5. The average molecular weight is 380 g/mol. The lowest BCUT2D eigenvalue weighted by Crippen LogP contribution is -2.36. The minimum Gasteiger partial charge on any atom is -0.468 e. The van der Waals surface area contributed by atoms with Crippen LogP contribution in [-0.4, -0.2) is 39.2 Å². The van der Waals surface area contributed by atoms with Gasteiger partial charge in [0.1, 0.15) is 5.82 Å². The Balaban J connectivity index is 1.48. The predicted octanol–water partition coefficient (Wildman–Crippen LogP) is 2.54. The van der Waals surface area contributed by atoms with E-state index in [1.165, 1.54) is 6.20 Å². The molecule has 1 fully saturated rings. The SMILES string of the molecule is O=c1[nH]c(C2CC2)nc2c1CN(Cc1cccnc1OCC(F)(F)F)CC2. The molecule has 2 aliphatic rings. The zero-order valence-electron chi connectivity index (χ0n) is 14.6. The van der Waals surface area contributed by atoms with E-state index in [2.05, 4.69) is 15.0 Å². The highest BCUT2D eigenvalue weighted by Gasteiger charge is 2.30. The van der Waals surface area contributed by atoms with Crippen LogP contribution in [0.1, 0.15) is 41.4 Å². The fourth-order valence-electron chi connectivity index (χ4n) is 3.25. The maximum atomic E-state index is 12.4. The molecule has 0 atom stereocenters. The van der Waals surface area contributed by atoms with Crippen LogP contribution < -0.4 is 10.3 Å². The molecule has 0 radical (unpaired) electrons. The van der Waals surface area contributed by atoms with Gasteiger partial charge in [0.25, 0.3) is 5.56 Å². The zero-order chi connectivity index (χ0) is 19.0. The van der Waals surface area contributed by atoms with Gasteiger partial charge in [-0.2, -0.15) is 13.2 Å². The van der Waals surface area contributed by atoms with E-state index in [4.69, 9.17) is 4.74 Å². The summed E-state index contributed by atoms with van der Waals surface area (Å²) in [5.74, 6) is 1.13. The molecule has 0 amide bonds. The maximum absolute atomic E-state index is 12.4. The Morgan fingerprint density at radius 2 is 2.15 bits per heavy atom. The van der Waals surface area contributed by atoms with E-state index in [0.717, 1.165) is 24.4 Å². The number of rotatable bonds is 5. The molecule has 0 unspecified atom stereocenters. The van der Waals surface area contributed by atoms with Crippen molar-refractivity contribution in [2.24, 2.45) is 0 Å². The number of nitrogens with zero attached hydrogens (tertiary/aromatic N) is 3. The summed E-state index contributed by atoms with van der Waals surface area (Å²) in [6, 6.07) is 3.34. The molecule has 3 heterocycles. The van der Waals surface area contributed by atoms with Crippen LogP contribution in [-0.2, 0) is 19.5 Å². The van der Waals surface area contributed by atoms with E-state index >= 15 is 0 Å². The number of alkyl halides is 3. The zero-order valence-corrected chi connectivity index (χ0v) is 14.6. The summed E-state index contributed by atoms with van der Waals surface area (Å²) >= 11 is 0. The Morgan fingerprint density at radius 1 is 1.33 bits per heavy atom. The van der Waals surface area contributed by atoms with Gasteiger partial charge in [0.2, 0.25) is 5.88 Å². The summed E-state index contributed by atoms with van der Waals surface area (Å²) in [4.78, 5) is 25.8. The van der Waals surface area contributed by atoms with Crippen molar-refractivity contribution < 1.29 is 17.9 Å². The van der Waals surface area contributed by atoms with Crippen molar-refractivity contribution in [3.63, 3.8) is 0 Å². The fourth-order valence-corrected chi connectivity index (χ4v) is 3.25. The highest BCUT2D eigenvalue weighted by atomic mass is 19.4. The summed E-state index contributed by atoms with van der Waals surface area (Å²) < 4.78 is 42.1. The highest BCUT2D eigenvalue weighted by molar-refractivity contribution is 5.27. The van der Waals surface area contributed by atoms with Gasteiger partial charge in [0.05, 0.1) is 11.3 Å². The third kappa shape index (κ3) is 4.29. The van der Waals surface area contributed by atoms with E-state index in [0.29, 0.717) is 43.1 Å². The first-order chi connectivity index (χ1) is 12.9. The van der Waals surface area contributed by atoms with Gasteiger partial charge in [0, 0.05) is 43.7 Å².